The van der Waals surface area contributed by atoms with Crippen LogP contribution in [0.25, 0.3) is 0 Å². The second-order valence-electron chi connectivity index (χ2n) is 4.20. The van der Waals surface area contributed by atoms with Gasteiger partial charge in [0.2, 0.25) is 0 Å². The molecule has 2 rings (SSSR count). The van der Waals surface area contributed by atoms with Crippen molar-refractivity contribution in [1.29, 1.82) is 0 Å². The lowest BCUT2D eigenvalue weighted by atomic mass is 10.1. The molecule has 0 unspecified atom stereocenters. The minimum atomic E-state index is 0.571. The van der Waals surface area contributed by atoms with Crippen molar-refractivity contribution in [3.63, 3.8) is 0 Å². The van der Waals surface area contributed by atoms with Gasteiger partial charge in [-0.3, -0.25) is 0 Å². The third kappa shape index (κ3) is 3.01. The van der Waals surface area contributed by atoms with E-state index in [2.05, 4.69) is 17.5 Å². The number of hydrogen-bond acceptors (Lipinski definition) is 3. The van der Waals surface area contributed by atoms with Crippen LogP contribution in [-0.4, -0.2) is 20.3 Å². The van der Waals surface area contributed by atoms with Gasteiger partial charge < -0.3 is 14.8 Å². The van der Waals surface area contributed by atoms with E-state index >= 15 is 0 Å². The molecule has 0 radical (unpaired) electrons. The van der Waals surface area contributed by atoms with Crippen molar-refractivity contribution in [3.05, 3.63) is 35.9 Å². The molecule has 1 aromatic rings. The Balaban J connectivity index is 1.99. The largest absolute Gasteiger partial charge is 0.497 e. The number of methoxy groups -OCH3 is 2. The van der Waals surface area contributed by atoms with Crippen molar-refractivity contribution in [3.8, 4) is 11.5 Å². The topological polar surface area (TPSA) is 30.5 Å². The molecule has 0 atom stereocenters. The molecule has 92 valence electrons. The molecule has 0 saturated heterocycles. The summed E-state index contributed by atoms with van der Waals surface area (Å²) in [6.07, 6.45) is 6.70. The number of ether oxygens (including phenoxy) is 2. The molecular weight excluding hydrogens is 214 g/mol. The summed E-state index contributed by atoms with van der Waals surface area (Å²) >= 11 is 0. The smallest absolute Gasteiger partial charge is 0.127 e. The lowest BCUT2D eigenvalue weighted by Crippen LogP contribution is -2.25. The van der Waals surface area contributed by atoms with Gasteiger partial charge >= 0.3 is 0 Å². The summed E-state index contributed by atoms with van der Waals surface area (Å²) in [5.41, 5.74) is 1.17. The first kappa shape index (κ1) is 12.0. The normalized spacial score (nSPS) is 15.2. The quantitative estimate of drug-likeness (QED) is 0.793. The molecule has 3 nitrogen and oxygen atoms in total. The van der Waals surface area contributed by atoms with Gasteiger partial charge in [-0.15, -0.1) is 0 Å². The molecule has 3 heteroatoms. The van der Waals surface area contributed by atoms with Gasteiger partial charge in [-0.05, 0) is 18.9 Å². The second-order valence-corrected chi connectivity index (χ2v) is 4.20. The van der Waals surface area contributed by atoms with Crippen LogP contribution in [0.3, 0.4) is 0 Å². The van der Waals surface area contributed by atoms with Crippen molar-refractivity contribution >= 4 is 0 Å². The number of rotatable bonds is 5. The number of benzene rings is 1. The van der Waals surface area contributed by atoms with Crippen molar-refractivity contribution < 1.29 is 9.47 Å². The van der Waals surface area contributed by atoms with Crippen LogP contribution in [0, 0.1) is 0 Å². The second kappa shape index (κ2) is 5.73. The van der Waals surface area contributed by atoms with E-state index in [0.29, 0.717) is 6.04 Å². The third-order valence-electron chi connectivity index (χ3n) is 3.08. The van der Waals surface area contributed by atoms with Gasteiger partial charge in [-0.25, -0.2) is 0 Å². The van der Waals surface area contributed by atoms with Gasteiger partial charge in [0.1, 0.15) is 11.5 Å². The molecule has 0 heterocycles. The highest BCUT2D eigenvalue weighted by Gasteiger charge is 2.11. The van der Waals surface area contributed by atoms with Crippen LogP contribution in [0.1, 0.15) is 18.4 Å². The van der Waals surface area contributed by atoms with Crippen LogP contribution in [0.15, 0.2) is 30.4 Å². The lowest BCUT2D eigenvalue weighted by molar-refractivity contribution is 0.388. The molecule has 1 aliphatic carbocycles. The molecule has 1 aromatic carbocycles. The predicted octanol–water partition coefficient (Wildman–Crippen LogP) is 2.51. The van der Waals surface area contributed by atoms with Gasteiger partial charge in [0.25, 0.3) is 0 Å². The zero-order valence-corrected chi connectivity index (χ0v) is 10.4. The standard InChI is InChI=1S/C14H19NO2/c1-16-13-8-7-11(14(9-13)17-2)10-15-12-5-3-4-6-12/h3-4,7-9,12,15H,5-6,10H2,1-2H3. The summed E-state index contributed by atoms with van der Waals surface area (Å²) in [7, 11) is 3.35. The zero-order chi connectivity index (χ0) is 12.1. The summed E-state index contributed by atoms with van der Waals surface area (Å²) in [5.74, 6) is 1.70. The lowest BCUT2D eigenvalue weighted by Gasteiger charge is -2.14. The molecule has 1 aliphatic rings. The summed E-state index contributed by atoms with van der Waals surface area (Å²) < 4.78 is 10.5. The highest BCUT2D eigenvalue weighted by atomic mass is 16.5. The molecule has 0 aromatic heterocycles. The average Bonchev–Trinajstić information content (AvgIpc) is 2.89. The SMILES string of the molecule is COc1ccc(CNC2CC=CC2)c(OC)c1. The van der Waals surface area contributed by atoms with Crippen LogP contribution in [0.4, 0.5) is 0 Å². The summed E-state index contributed by atoms with van der Waals surface area (Å²) in [6.45, 7) is 0.833. The van der Waals surface area contributed by atoms with Gasteiger partial charge in [-0.2, -0.15) is 0 Å². The van der Waals surface area contributed by atoms with E-state index in [-0.39, 0.29) is 0 Å². The van der Waals surface area contributed by atoms with E-state index in [0.717, 1.165) is 30.9 Å². The monoisotopic (exact) mass is 233 g/mol. The van der Waals surface area contributed by atoms with Crippen molar-refractivity contribution in [2.75, 3.05) is 14.2 Å². The van der Waals surface area contributed by atoms with Crippen LogP contribution in [0.2, 0.25) is 0 Å². The van der Waals surface area contributed by atoms with Crippen molar-refractivity contribution in [2.24, 2.45) is 0 Å². The maximum Gasteiger partial charge on any atom is 0.127 e. The molecular formula is C14H19NO2. The van der Waals surface area contributed by atoms with Crippen LogP contribution in [-0.2, 0) is 6.54 Å². The fourth-order valence-electron chi connectivity index (χ4n) is 2.04. The van der Waals surface area contributed by atoms with Crippen LogP contribution >= 0.6 is 0 Å². The summed E-state index contributed by atoms with van der Waals surface area (Å²) in [5, 5.41) is 3.53. The molecule has 17 heavy (non-hydrogen) atoms. The Labute approximate surface area is 102 Å². The van der Waals surface area contributed by atoms with E-state index in [9.17, 15) is 0 Å². The number of nitrogens with one attached hydrogen (secondary N) is 1. The highest BCUT2D eigenvalue weighted by Crippen LogP contribution is 2.24. The van der Waals surface area contributed by atoms with E-state index in [4.69, 9.17) is 9.47 Å². The Morgan fingerprint density at radius 2 is 1.94 bits per heavy atom. The Bertz CT molecular complexity index is 393. The summed E-state index contributed by atoms with van der Waals surface area (Å²) in [6, 6.07) is 6.51. The maximum atomic E-state index is 5.37. The minimum Gasteiger partial charge on any atom is -0.497 e. The molecule has 0 saturated carbocycles. The molecule has 0 fully saturated rings. The Hall–Kier alpha value is -1.48. The average molecular weight is 233 g/mol. The molecule has 0 amide bonds. The molecule has 0 aliphatic heterocycles. The van der Waals surface area contributed by atoms with Crippen molar-refractivity contribution in [2.45, 2.75) is 25.4 Å². The van der Waals surface area contributed by atoms with E-state index < -0.39 is 0 Å². The molecule has 0 bridgehead atoms. The maximum absolute atomic E-state index is 5.37. The van der Waals surface area contributed by atoms with Crippen molar-refractivity contribution in [1.82, 2.24) is 5.32 Å². The Morgan fingerprint density at radius 1 is 1.18 bits per heavy atom. The van der Waals surface area contributed by atoms with Gasteiger partial charge in [0.05, 0.1) is 14.2 Å². The van der Waals surface area contributed by atoms with Gasteiger partial charge in [0, 0.05) is 24.2 Å². The highest BCUT2D eigenvalue weighted by molar-refractivity contribution is 5.40. The van der Waals surface area contributed by atoms with E-state index in [1.54, 1.807) is 14.2 Å². The molecule has 0 spiro atoms. The van der Waals surface area contributed by atoms with Crippen LogP contribution in [0.5, 0.6) is 11.5 Å². The zero-order valence-electron chi connectivity index (χ0n) is 10.4. The Morgan fingerprint density at radius 3 is 2.59 bits per heavy atom. The number of hydrogen-bond donors (Lipinski definition) is 1. The first-order valence-electron chi connectivity index (χ1n) is 5.92. The first-order chi connectivity index (χ1) is 8.33. The molecule has 1 N–H and O–H groups in total. The van der Waals surface area contributed by atoms with Crippen LogP contribution < -0.4 is 14.8 Å². The third-order valence-corrected chi connectivity index (χ3v) is 3.08. The predicted molar refractivity (Wildman–Crippen MR) is 68.5 cm³/mol. The van der Waals surface area contributed by atoms with Gasteiger partial charge in [0.15, 0.2) is 0 Å². The minimum absolute atomic E-state index is 0.571. The Kier molecular flexibility index (Phi) is 4.04. The van der Waals surface area contributed by atoms with E-state index in [1.165, 1.54) is 5.56 Å². The fraction of sp³-hybridized carbons (Fsp3) is 0.429. The fourth-order valence-corrected chi connectivity index (χ4v) is 2.04. The van der Waals surface area contributed by atoms with E-state index in [1.807, 2.05) is 18.2 Å². The summed E-state index contributed by atoms with van der Waals surface area (Å²) in [4.78, 5) is 0. The van der Waals surface area contributed by atoms with Gasteiger partial charge in [-0.1, -0.05) is 18.2 Å². The first-order valence-corrected chi connectivity index (χ1v) is 5.92.